The minimum Gasteiger partial charge on any atom is -0.384 e. The molecule has 6 nitrogen and oxygen atoms in total. The second-order valence-corrected chi connectivity index (χ2v) is 6.41. The molecule has 2 rings (SSSR count). The Kier molecular flexibility index (Phi) is 7.18. The zero-order valence-electron chi connectivity index (χ0n) is 14.9. The van der Waals surface area contributed by atoms with Gasteiger partial charge in [-0.15, -0.1) is 0 Å². The number of hydrogen-bond acceptors (Lipinski definition) is 3. The Hall–Kier alpha value is -2.15. The highest BCUT2D eigenvalue weighted by atomic mass is 19.1. The van der Waals surface area contributed by atoms with Crippen molar-refractivity contribution in [3.05, 3.63) is 35.6 Å². The zero-order chi connectivity index (χ0) is 18.2. The fourth-order valence-electron chi connectivity index (χ4n) is 3.12. The average molecular weight is 350 g/mol. The molecule has 1 heterocycles. The van der Waals surface area contributed by atoms with Crippen molar-refractivity contribution in [3.8, 4) is 0 Å². The van der Waals surface area contributed by atoms with Crippen LogP contribution in [0.15, 0.2) is 29.3 Å². The third kappa shape index (κ3) is 5.70. The van der Waals surface area contributed by atoms with Crippen LogP contribution in [0.5, 0.6) is 0 Å². The number of aliphatic imine (C=N–C) groups is 1. The molecule has 1 fully saturated rings. The number of carbonyl (C=O) groups is 1. The van der Waals surface area contributed by atoms with E-state index >= 15 is 0 Å². The van der Waals surface area contributed by atoms with Crippen molar-refractivity contribution < 1.29 is 13.9 Å². The fourth-order valence-corrected chi connectivity index (χ4v) is 3.12. The van der Waals surface area contributed by atoms with Crippen molar-refractivity contribution in [1.29, 1.82) is 0 Å². The van der Waals surface area contributed by atoms with Gasteiger partial charge in [0, 0.05) is 39.7 Å². The lowest BCUT2D eigenvalue weighted by Crippen LogP contribution is -2.44. The molecule has 1 aliphatic heterocycles. The number of primary amides is 1. The van der Waals surface area contributed by atoms with Gasteiger partial charge < -0.3 is 20.7 Å². The van der Waals surface area contributed by atoms with Crippen LogP contribution in [-0.2, 0) is 16.0 Å². The summed E-state index contributed by atoms with van der Waals surface area (Å²) in [5.41, 5.74) is 6.41. The molecular formula is C18H27FN4O2. The van der Waals surface area contributed by atoms with E-state index < -0.39 is 0 Å². The summed E-state index contributed by atoms with van der Waals surface area (Å²) >= 11 is 0. The number of carbonyl (C=O) groups excluding carboxylic acids is 1. The number of methoxy groups -OCH3 is 1. The first-order chi connectivity index (χ1) is 12.0. The van der Waals surface area contributed by atoms with Crippen LogP contribution >= 0.6 is 0 Å². The highest BCUT2D eigenvalue weighted by molar-refractivity contribution is 5.82. The van der Waals surface area contributed by atoms with E-state index in [-0.39, 0.29) is 17.6 Å². The predicted octanol–water partition coefficient (Wildman–Crippen LogP) is 1.01. The number of benzene rings is 1. The monoisotopic (exact) mass is 350 g/mol. The van der Waals surface area contributed by atoms with Crippen LogP contribution in [0.4, 0.5) is 4.39 Å². The second-order valence-electron chi connectivity index (χ2n) is 6.41. The molecule has 7 heteroatoms. The summed E-state index contributed by atoms with van der Waals surface area (Å²) in [4.78, 5) is 18.2. The molecule has 0 saturated carbocycles. The van der Waals surface area contributed by atoms with Crippen molar-refractivity contribution >= 4 is 11.9 Å². The van der Waals surface area contributed by atoms with Gasteiger partial charge in [0.15, 0.2) is 5.96 Å². The molecule has 1 saturated heterocycles. The van der Waals surface area contributed by atoms with Crippen LogP contribution < -0.4 is 11.1 Å². The number of halogens is 1. The minimum absolute atomic E-state index is 0.294. The van der Waals surface area contributed by atoms with Crippen LogP contribution in [0.3, 0.4) is 0 Å². The van der Waals surface area contributed by atoms with E-state index in [1.54, 1.807) is 26.3 Å². The number of nitrogens with zero attached hydrogens (tertiary/aromatic N) is 2. The number of nitrogens with two attached hydrogens (primary N) is 1. The molecule has 0 aliphatic carbocycles. The first-order valence-electron chi connectivity index (χ1n) is 8.51. The minimum atomic E-state index is -0.389. The van der Waals surface area contributed by atoms with Gasteiger partial charge in [-0.2, -0.15) is 0 Å². The van der Waals surface area contributed by atoms with Crippen molar-refractivity contribution in [1.82, 2.24) is 10.2 Å². The third-order valence-corrected chi connectivity index (χ3v) is 4.50. The standard InChI is InChI=1S/C18H27FN4O2/c1-21-18(23-8-7-14(11-23)12-25-2)22-10-15(17(20)24)9-13-3-5-16(19)6-4-13/h3-6,14-15H,7-12H2,1-2H3,(H2,20,24)(H,21,22). The molecule has 2 atom stereocenters. The number of rotatable bonds is 7. The zero-order valence-corrected chi connectivity index (χ0v) is 14.9. The number of hydrogen-bond donors (Lipinski definition) is 2. The van der Waals surface area contributed by atoms with Gasteiger partial charge in [-0.05, 0) is 30.5 Å². The van der Waals surface area contributed by atoms with Crippen molar-refractivity contribution in [3.63, 3.8) is 0 Å². The quantitative estimate of drug-likeness (QED) is 0.568. The smallest absolute Gasteiger partial charge is 0.222 e. The summed E-state index contributed by atoms with van der Waals surface area (Å²) in [7, 11) is 3.44. The molecule has 1 aromatic carbocycles. The summed E-state index contributed by atoms with van der Waals surface area (Å²) < 4.78 is 18.2. The van der Waals surface area contributed by atoms with Crippen molar-refractivity contribution in [2.24, 2.45) is 22.6 Å². The number of likely N-dealkylation sites (tertiary alicyclic amines) is 1. The molecule has 0 bridgehead atoms. The Labute approximate surface area is 148 Å². The van der Waals surface area contributed by atoms with Crippen LogP contribution in [0.2, 0.25) is 0 Å². The van der Waals surface area contributed by atoms with Crippen molar-refractivity contribution in [2.75, 3.05) is 40.4 Å². The van der Waals surface area contributed by atoms with Gasteiger partial charge in [0.25, 0.3) is 0 Å². The topological polar surface area (TPSA) is 79.9 Å². The molecule has 1 aromatic rings. The van der Waals surface area contributed by atoms with Gasteiger partial charge in [0.2, 0.25) is 5.91 Å². The van der Waals surface area contributed by atoms with E-state index in [0.29, 0.717) is 18.9 Å². The van der Waals surface area contributed by atoms with Gasteiger partial charge in [-0.3, -0.25) is 9.79 Å². The molecule has 3 N–H and O–H groups in total. The molecule has 1 aliphatic rings. The summed E-state index contributed by atoms with van der Waals surface area (Å²) in [6.07, 6.45) is 1.52. The van der Waals surface area contributed by atoms with E-state index in [1.165, 1.54) is 12.1 Å². The van der Waals surface area contributed by atoms with Gasteiger partial charge in [-0.25, -0.2) is 4.39 Å². The lowest BCUT2D eigenvalue weighted by atomic mass is 9.98. The molecule has 0 spiro atoms. The Bertz CT molecular complexity index is 591. The van der Waals surface area contributed by atoms with Crippen LogP contribution in [0.1, 0.15) is 12.0 Å². The maximum atomic E-state index is 13.0. The second kappa shape index (κ2) is 9.36. The Morgan fingerprint density at radius 1 is 1.48 bits per heavy atom. The summed E-state index contributed by atoms with van der Waals surface area (Å²) in [6, 6.07) is 6.13. The molecule has 138 valence electrons. The Balaban J connectivity index is 1.91. The molecular weight excluding hydrogens is 323 g/mol. The number of nitrogens with one attached hydrogen (secondary N) is 1. The summed E-state index contributed by atoms with van der Waals surface area (Å²) in [5, 5.41) is 3.25. The van der Waals surface area contributed by atoms with E-state index in [1.807, 2.05) is 0 Å². The normalized spacial score (nSPS) is 19.1. The maximum absolute atomic E-state index is 13.0. The highest BCUT2D eigenvalue weighted by Crippen LogP contribution is 2.16. The van der Waals surface area contributed by atoms with Gasteiger partial charge in [0.05, 0.1) is 12.5 Å². The van der Waals surface area contributed by atoms with Gasteiger partial charge >= 0.3 is 0 Å². The first kappa shape index (κ1) is 19.2. The van der Waals surface area contributed by atoms with Gasteiger partial charge in [-0.1, -0.05) is 12.1 Å². The summed E-state index contributed by atoms with van der Waals surface area (Å²) in [6.45, 7) is 2.92. The highest BCUT2D eigenvalue weighted by Gasteiger charge is 2.25. The Morgan fingerprint density at radius 3 is 2.80 bits per heavy atom. The van der Waals surface area contributed by atoms with Crippen LogP contribution in [0, 0.1) is 17.7 Å². The molecule has 2 unspecified atom stereocenters. The van der Waals surface area contributed by atoms with Crippen LogP contribution in [-0.4, -0.2) is 57.2 Å². The van der Waals surface area contributed by atoms with Crippen LogP contribution in [0.25, 0.3) is 0 Å². The predicted molar refractivity (Wildman–Crippen MR) is 95.7 cm³/mol. The lowest BCUT2D eigenvalue weighted by Gasteiger charge is -2.23. The fraction of sp³-hybridized carbons (Fsp3) is 0.556. The Morgan fingerprint density at radius 2 is 2.20 bits per heavy atom. The molecule has 1 amide bonds. The van der Waals surface area contributed by atoms with E-state index in [9.17, 15) is 9.18 Å². The first-order valence-corrected chi connectivity index (χ1v) is 8.51. The molecule has 0 aromatic heterocycles. The number of amides is 1. The maximum Gasteiger partial charge on any atom is 0.222 e. The van der Waals surface area contributed by atoms with Crippen molar-refractivity contribution in [2.45, 2.75) is 12.8 Å². The lowest BCUT2D eigenvalue weighted by molar-refractivity contribution is -0.121. The third-order valence-electron chi connectivity index (χ3n) is 4.50. The average Bonchev–Trinajstić information content (AvgIpc) is 3.05. The number of ether oxygens (including phenoxy) is 1. The van der Waals surface area contributed by atoms with E-state index in [4.69, 9.17) is 10.5 Å². The number of guanidine groups is 1. The molecule has 25 heavy (non-hydrogen) atoms. The largest absolute Gasteiger partial charge is 0.384 e. The molecule has 0 radical (unpaired) electrons. The van der Waals surface area contributed by atoms with E-state index in [2.05, 4.69) is 15.2 Å². The van der Waals surface area contributed by atoms with E-state index in [0.717, 1.165) is 37.6 Å². The van der Waals surface area contributed by atoms with Gasteiger partial charge in [0.1, 0.15) is 5.82 Å². The SMILES string of the molecule is CN=C(NCC(Cc1ccc(F)cc1)C(N)=O)N1CCC(COC)C1. The summed E-state index contributed by atoms with van der Waals surface area (Å²) in [5.74, 6) is 0.196.